The molecule has 0 aliphatic carbocycles. The van der Waals surface area contributed by atoms with Gasteiger partial charge < -0.3 is 15.3 Å². The Labute approximate surface area is 100 Å². The molecule has 0 aliphatic heterocycles. The molecule has 2 N–H and O–H groups in total. The highest BCUT2D eigenvalue weighted by atomic mass is 19.1. The Morgan fingerprint density at radius 2 is 2.00 bits per heavy atom. The third-order valence-corrected chi connectivity index (χ3v) is 2.29. The first-order valence-corrected chi connectivity index (χ1v) is 5.36. The van der Waals surface area contributed by atoms with Gasteiger partial charge in [-0.15, -0.1) is 0 Å². The number of carbonyl (C=O) groups is 1. The van der Waals surface area contributed by atoms with E-state index in [1.165, 1.54) is 24.3 Å². The van der Waals surface area contributed by atoms with E-state index in [1.54, 1.807) is 0 Å². The van der Waals surface area contributed by atoms with Gasteiger partial charge in [0, 0.05) is 13.1 Å². The number of hydrogen-bond donors (Lipinski definition) is 2. The van der Waals surface area contributed by atoms with Crippen LogP contribution in [0.1, 0.15) is 11.7 Å². The molecule has 0 aliphatic rings. The minimum absolute atomic E-state index is 0.383. The first kappa shape index (κ1) is 13.6. The fourth-order valence-electron chi connectivity index (χ4n) is 1.30. The number of rotatable bonds is 5. The molecule has 0 fully saturated rings. The normalized spacial score (nSPS) is 12.5. The lowest BCUT2D eigenvalue weighted by Gasteiger charge is -2.13. The van der Waals surface area contributed by atoms with Crippen LogP contribution in [0, 0.1) is 5.82 Å². The largest absolute Gasteiger partial charge is 0.378 e. The quantitative estimate of drug-likeness (QED) is 0.789. The van der Waals surface area contributed by atoms with Crippen molar-refractivity contribution in [2.45, 2.75) is 6.10 Å². The maximum absolute atomic E-state index is 12.7. The van der Waals surface area contributed by atoms with Crippen LogP contribution >= 0.6 is 0 Å². The van der Waals surface area contributed by atoms with Crippen LogP contribution in [0.3, 0.4) is 0 Å². The molecule has 94 valence electrons. The van der Waals surface area contributed by atoms with Crippen molar-refractivity contribution >= 4 is 5.91 Å². The monoisotopic (exact) mass is 240 g/mol. The highest BCUT2D eigenvalue weighted by Gasteiger charge is 2.16. The van der Waals surface area contributed by atoms with Crippen molar-refractivity contribution in [3.8, 4) is 0 Å². The zero-order valence-corrected chi connectivity index (χ0v) is 9.98. The second-order valence-corrected chi connectivity index (χ2v) is 4.05. The molecule has 0 radical (unpaired) electrons. The van der Waals surface area contributed by atoms with Crippen LogP contribution in [-0.2, 0) is 4.79 Å². The van der Waals surface area contributed by atoms with Gasteiger partial charge in [0.05, 0.1) is 0 Å². The molecule has 17 heavy (non-hydrogen) atoms. The van der Waals surface area contributed by atoms with Crippen LogP contribution in [0.25, 0.3) is 0 Å². The Morgan fingerprint density at radius 1 is 1.41 bits per heavy atom. The van der Waals surface area contributed by atoms with E-state index >= 15 is 0 Å². The maximum atomic E-state index is 12.7. The summed E-state index contributed by atoms with van der Waals surface area (Å²) in [5.74, 6) is -0.868. The average molecular weight is 240 g/mol. The number of amides is 1. The summed E-state index contributed by atoms with van der Waals surface area (Å²) in [4.78, 5) is 13.5. The predicted molar refractivity (Wildman–Crippen MR) is 62.9 cm³/mol. The summed E-state index contributed by atoms with van der Waals surface area (Å²) in [7, 11) is 3.78. The summed E-state index contributed by atoms with van der Waals surface area (Å²) in [5, 5.41) is 12.3. The van der Waals surface area contributed by atoms with Crippen molar-refractivity contribution < 1.29 is 14.3 Å². The molecular weight excluding hydrogens is 223 g/mol. The molecule has 1 amide bonds. The topological polar surface area (TPSA) is 52.6 Å². The second kappa shape index (κ2) is 6.32. The molecule has 0 aromatic heterocycles. The fourth-order valence-corrected chi connectivity index (χ4v) is 1.30. The summed E-state index contributed by atoms with van der Waals surface area (Å²) in [6, 6.07) is 5.22. The molecule has 1 aromatic rings. The number of hydrogen-bond acceptors (Lipinski definition) is 3. The first-order chi connectivity index (χ1) is 8.00. The number of benzene rings is 1. The number of aliphatic hydroxyl groups excluding tert-OH is 1. The Morgan fingerprint density at radius 3 is 2.53 bits per heavy atom. The highest BCUT2D eigenvalue weighted by Crippen LogP contribution is 2.13. The smallest absolute Gasteiger partial charge is 0.253 e. The van der Waals surface area contributed by atoms with Crippen LogP contribution in [0.15, 0.2) is 24.3 Å². The number of aliphatic hydroxyl groups is 1. The lowest BCUT2D eigenvalue weighted by atomic mass is 10.1. The summed E-state index contributed by atoms with van der Waals surface area (Å²) in [5.41, 5.74) is 0.383. The summed E-state index contributed by atoms with van der Waals surface area (Å²) < 4.78 is 12.7. The molecule has 1 atom stereocenters. The molecule has 0 heterocycles. The molecule has 4 nitrogen and oxygen atoms in total. The molecule has 1 unspecified atom stereocenters. The van der Waals surface area contributed by atoms with Crippen molar-refractivity contribution in [2.24, 2.45) is 0 Å². The molecule has 5 heteroatoms. The van der Waals surface area contributed by atoms with E-state index in [-0.39, 0.29) is 0 Å². The third-order valence-electron chi connectivity index (χ3n) is 2.29. The number of carbonyl (C=O) groups excluding carboxylic acids is 1. The van der Waals surface area contributed by atoms with Gasteiger partial charge in [-0.2, -0.15) is 0 Å². The Balaban J connectivity index is 2.49. The van der Waals surface area contributed by atoms with Crippen LogP contribution in [-0.4, -0.2) is 43.1 Å². The van der Waals surface area contributed by atoms with E-state index < -0.39 is 17.8 Å². The van der Waals surface area contributed by atoms with Crippen LogP contribution in [0.4, 0.5) is 4.39 Å². The molecule has 0 bridgehead atoms. The number of nitrogens with zero attached hydrogens (tertiary/aromatic N) is 1. The fraction of sp³-hybridized carbons (Fsp3) is 0.417. The average Bonchev–Trinajstić information content (AvgIpc) is 2.28. The van der Waals surface area contributed by atoms with Gasteiger partial charge in [-0.05, 0) is 31.8 Å². The Hall–Kier alpha value is -1.46. The van der Waals surface area contributed by atoms with Crippen LogP contribution < -0.4 is 5.32 Å². The highest BCUT2D eigenvalue weighted by molar-refractivity contribution is 5.81. The number of likely N-dealkylation sites (N-methyl/N-ethyl adjacent to an activating group) is 1. The Kier molecular flexibility index (Phi) is 5.06. The Bertz CT molecular complexity index is 365. The van der Waals surface area contributed by atoms with E-state index in [4.69, 9.17) is 0 Å². The summed E-state index contributed by atoms with van der Waals surface area (Å²) in [6.45, 7) is 1.16. The molecule has 1 rings (SSSR count). The molecule has 1 aromatic carbocycles. The van der Waals surface area contributed by atoms with Gasteiger partial charge in [-0.1, -0.05) is 12.1 Å². The van der Waals surface area contributed by atoms with E-state index in [0.29, 0.717) is 18.7 Å². The minimum atomic E-state index is -1.25. The van der Waals surface area contributed by atoms with E-state index in [9.17, 15) is 14.3 Å². The third kappa shape index (κ3) is 4.50. The SMILES string of the molecule is CN(C)CCNC(=O)C(O)c1ccc(F)cc1. The van der Waals surface area contributed by atoms with Gasteiger partial charge in [0.1, 0.15) is 5.82 Å². The molecule has 0 spiro atoms. The lowest BCUT2D eigenvalue weighted by Crippen LogP contribution is -2.34. The second-order valence-electron chi connectivity index (χ2n) is 4.05. The van der Waals surface area contributed by atoms with Gasteiger partial charge in [0.15, 0.2) is 6.10 Å². The first-order valence-electron chi connectivity index (χ1n) is 5.36. The number of nitrogens with one attached hydrogen (secondary N) is 1. The van der Waals surface area contributed by atoms with Gasteiger partial charge in [0.2, 0.25) is 0 Å². The van der Waals surface area contributed by atoms with Gasteiger partial charge in [-0.3, -0.25) is 4.79 Å². The van der Waals surface area contributed by atoms with Crippen molar-refractivity contribution in [3.63, 3.8) is 0 Å². The van der Waals surface area contributed by atoms with Crippen molar-refractivity contribution in [1.29, 1.82) is 0 Å². The van der Waals surface area contributed by atoms with E-state index in [1.807, 2.05) is 19.0 Å². The van der Waals surface area contributed by atoms with Crippen molar-refractivity contribution in [1.82, 2.24) is 10.2 Å². The van der Waals surface area contributed by atoms with Gasteiger partial charge in [0.25, 0.3) is 5.91 Å². The van der Waals surface area contributed by atoms with Crippen molar-refractivity contribution in [3.05, 3.63) is 35.6 Å². The zero-order chi connectivity index (χ0) is 12.8. The maximum Gasteiger partial charge on any atom is 0.253 e. The molecular formula is C12H17FN2O2. The lowest BCUT2D eigenvalue weighted by molar-refractivity contribution is -0.129. The van der Waals surface area contributed by atoms with Gasteiger partial charge >= 0.3 is 0 Å². The van der Waals surface area contributed by atoms with Crippen LogP contribution in [0.5, 0.6) is 0 Å². The van der Waals surface area contributed by atoms with Crippen molar-refractivity contribution in [2.75, 3.05) is 27.2 Å². The van der Waals surface area contributed by atoms with E-state index in [2.05, 4.69) is 5.32 Å². The summed E-state index contributed by atoms with van der Waals surface area (Å²) in [6.07, 6.45) is -1.25. The van der Waals surface area contributed by atoms with E-state index in [0.717, 1.165) is 0 Å². The predicted octanol–water partition coefficient (Wildman–Crippen LogP) is 0.537. The van der Waals surface area contributed by atoms with Crippen LogP contribution in [0.2, 0.25) is 0 Å². The summed E-state index contributed by atoms with van der Waals surface area (Å²) >= 11 is 0. The number of halogens is 1. The minimum Gasteiger partial charge on any atom is -0.378 e. The standard InChI is InChI=1S/C12H17FN2O2/c1-15(2)8-7-14-12(17)11(16)9-3-5-10(13)6-4-9/h3-6,11,16H,7-8H2,1-2H3,(H,14,17). The zero-order valence-electron chi connectivity index (χ0n) is 9.98. The molecule has 0 saturated carbocycles. The van der Waals surface area contributed by atoms with Gasteiger partial charge in [-0.25, -0.2) is 4.39 Å². The molecule has 0 saturated heterocycles.